The molecule has 0 radical (unpaired) electrons. The molecule has 1 aliphatic rings. The highest BCUT2D eigenvalue weighted by Gasteiger charge is 2.21. The van der Waals surface area contributed by atoms with Crippen LogP contribution in [0, 0.1) is 6.92 Å². The lowest BCUT2D eigenvalue weighted by Crippen LogP contribution is -2.16. The smallest absolute Gasteiger partial charge is 0.124 e. The Morgan fingerprint density at radius 3 is 3.00 bits per heavy atom. The standard InChI is InChI=1S/C16H19NO2/c1-12-3-2-4-15(9-12)19-11-13-7-8-18-16(13)10-17-14-5-6-14/h2-4,7-9,14,17H,5-6,10-11H2,1H3. The number of benzene rings is 1. The first-order valence-electron chi connectivity index (χ1n) is 6.79. The Kier molecular flexibility index (Phi) is 3.56. The number of nitrogens with one attached hydrogen (secondary N) is 1. The second-order valence-electron chi connectivity index (χ2n) is 5.13. The third-order valence-electron chi connectivity index (χ3n) is 3.35. The molecule has 0 amide bonds. The molecule has 19 heavy (non-hydrogen) atoms. The number of rotatable bonds is 6. The molecule has 1 aromatic carbocycles. The third-order valence-corrected chi connectivity index (χ3v) is 3.35. The summed E-state index contributed by atoms with van der Waals surface area (Å²) < 4.78 is 11.3. The summed E-state index contributed by atoms with van der Waals surface area (Å²) in [5.41, 5.74) is 2.33. The van der Waals surface area contributed by atoms with E-state index >= 15 is 0 Å². The van der Waals surface area contributed by atoms with E-state index in [1.165, 1.54) is 18.4 Å². The lowest BCUT2D eigenvalue weighted by atomic mass is 10.2. The molecule has 1 aromatic heterocycles. The van der Waals surface area contributed by atoms with Gasteiger partial charge in [-0.25, -0.2) is 0 Å². The van der Waals surface area contributed by atoms with Crippen molar-refractivity contribution in [3.05, 3.63) is 53.5 Å². The van der Waals surface area contributed by atoms with Crippen molar-refractivity contribution in [2.24, 2.45) is 0 Å². The van der Waals surface area contributed by atoms with Crippen molar-refractivity contribution in [2.45, 2.75) is 39.0 Å². The minimum atomic E-state index is 0.557. The minimum absolute atomic E-state index is 0.557. The summed E-state index contributed by atoms with van der Waals surface area (Å²) in [7, 11) is 0. The first-order chi connectivity index (χ1) is 9.31. The molecule has 2 aromatic rings. The summed E-state index contributed by atoms with van der Waals surface area (Å²) in [5.74, 6) is 1.89. The molecule has 3 heteroatoms. The van der Waals surface area contributed by atoms with Crippen molar-refractivity contribution in [3.8, 4) is 5.75 Å². The largest absolute Gasteiger partial charge is 0.489 e. The summed E-state index contributed by atoms with van der Waals surface area (Å²) in [6, 6.07) is 10.8. The Morgan fingerprint density at radius 1 is 1.32 bits per heavy atom. The minimum Gasteiger partial charge on any atom is -0.489 e. The molecule has 1 fully saturated rings. The van der Waals surface area contributed by atoms with E-state index < -0.39 is 0 Å². The normalized spacial score (nSPS) is 14.6. The first-order valence-corrected chi connectivity index (χ1v) is 6.79. The van der Waals surface area contributed by atoms with Crippen molar-refractivity contribution < 1.29 is 9.15 Å². The summed E-state index contributed by atoms with van der Waals surface area (Å²) in [5, 5.41) is 3.46. The quantitative estimate of drug-likeness (QED) is 0.861. The zero-order valence-corrected chi connectivity index (χ0v) is 11.2. The molecule has 0 atom stereocenters. The van der Waals surface area contributed by atoms with Crippen molar-refractivity contribution in [2.75, 3.05) is 0 Å². The highest BCUT2D eigenvalue weighted by molar-refractivity contribution is 5.28. The van der Waals surface area contributed by atoms with Crippen molar-refractivity contribution >= 4 is 0 Å². The summed E-state index contributed by atoms with van der Waals surface area (Å²) in [4.78, 5) is 0. The van der Waals surface area contributed by atoms with E-state index in [0.29, 0.717) is 12.6 Å². The Labute approximate surface area is 113 Å². The fraction of sp³-hybridized carbons (Fsp3) is 0.375. The fourth-order valence-electron chi connectivity index (χ4n) is 2.04. The monoisotopic (exact) mass is 257 g/mol. The van der Waals surface area contributed by atoms with Gasteiger partial charge in [0.15, 0.2) is 0 Å². The van der Waals surface area contributed by atoms with Crippen LogP contribution in [0.1, 0.15) is 29.7 Å². The molecule has 1 aliphatic carbocycles. The van der Waals surface area contributed by atoms with E-state index in [0.717, 1.165) is 23.6 Å². The molecule has 100 valence electrons. The Balaban J connectivity index is 1.58. The van der Waals surface area contributed by atoms with Gasteiger partial charge in [0.2, 0.25) is 0 Å². The highest BCUT2D eigenvalue weighted by Crippen LogP contribution is 2.21. The van der Waals surface area contributed by atoms with Gasteiger partial charge in [-0.1, -0.05) is 12.1 Å². The van der Waals surface area contributed by atoms with Gasteiger partial charge in [0, 0.05) is 11.6 Å². The lowest BCUT2D eigenvalue weighted by Gasteiger charge is -2.07. The summed E-state index contributed by atoms with van der Waals surface area (Å²) in [6.07, 6.45) is 4.31. The molecular weight excluding hydrogens is 238 g/mol. The van der Waals surface area contributed by atoms with Crippen LogP contribution in [-0.4, -0.2) is 6.04 Å². The second-order valence-corrected chi connectivity index (χ2v) is 5.13. The molecule has 1 N–H and O–H groups in total. The molecule has 0 unspecified atom stereocenters. The Bertz CT molecular complexity index is 543. The molecule has 1 saturated carbocycles. The van der Waals surface area contributed by atoms with Crippen LogP contribution >= 0.6 is 0 Å². The third kappa shape index (κ3) is 3.38. The zero-order chi connectivity index (χ0) is 13.1. The van der Waals surface area contributed by atoms with Crippen LogP contribution in [0.15, 0.2) is 41.0 Å². The highest BCUT2D eigenvalue weighted by atomic mass is 16.5. The SMILES string of the molecule is Cc1cccc(OCc2ccoc2CNC2CC2)c1. The Hall–Kier alpha value is -1.74. The van der Waals surface area contributed by atoms with Gasteiger partial charge in [-0.3, -0.25) is 0 Å². The van der Waals surface area contributed by atoms with Gasteiger partial charge in [-0.15, -0.1) is 0 Å². The maximum absolute atomic E-state index is 5.81. The van der Waals surface area contributed by atoms with E-state index in [4.69, 9.17) is 9.15 Å². The average molecular weight is 257 g/mol. The van der Waals surface area contributed by atoms with E-state index in [2.05, 4.69) is 18.3 Å². The van der Waals surface area contributed by atoms with Gasteiger partial charge < -0.3 is 14.5 Å². The Morgan fingerprint density at radius 2 is 2.21 bits per heavy atom. The van der Waals surface area contributed by atoms with Gasteiger partial charge in [0.25, 0.3) is 0 Å². The lowest BCUT2D eigenvalue weighted by molar-refractivity contribution is 0.301. The van der Waals surface area contributed by atoms with E-state index in [-0.39, 0.29) is 0 Å². The number of furan rings is 1. The summed E-state index contributed by atoms with van der Waals surface area (Å²) in [6.45, 7) is 3.42. The molecule has 3 rings (SSSR count). The van der Waals surface area contributed by atoms with Crippen molar-refractivity contribution in [1.29, 1.82) is 0 Å². The van der Waals surface area contributed by atoms with Gasteiger partial charge in [-0.2, -0.15) is 0 Å². The molecule has 3 nitrogen and oxygen atoms in total. The van der Waals surface area contributed by atoms with Crippen LogP contribution in [0.4, 0.5) is 0 Å². The van der Waals surface area contributed by atoms with Gasteiger partial charge >= 0.3 is 0 Å². The van der Waals surface area contributed by atoms with Gasteiger partial charge in [0.05, 0.1) is 12.8 Å². The first kappa shape index (κ1) is 12.3. The predicted octanol–water partition coefficient (Wildman–Crippen LogP) is 3.42. The molecule has 0 spiro atoms. The molecular formula is C16H19NO2. The molecule has 0 saturated heterocycles. The number of ether oxygens (including phenoxy) is 1. The number of aryl methyl sites for hydroxylation is 1. The van der Waals surface area contributed by atoms with Gasteiger partial charge in [-0.05, 0) is 43.5 Å². The number of hydrogen-bond acceptors (Lipinski definition) is 3. The summed E-state index contributed by atoms with van der Waals surface area (Å²) >= 11 is 0. The van der Waals surface area contributed by atoms with Crippen LogP contribution in [0.25, 0.3) is 0 Å². The topological polar surface area (TPSA) is 34.4 Å². The van der Waals surface area contributed by atoms with Crippen LogP contribution in [0.3, 0.4) is 0 Å². The van der Waals surface area contributed by atoms with Crippen LogP contribution in [0.5, 0.6) is 5.75 Å². The maximum atomic E-state index is 5.81. The van der Waals surface area contributed by atoms with E-state index in [1.54, 1.807) is 6.26 Å². The predicted molar refractivity (Wildman–Crippen MR) is 74.1 cm³/mol. The molecule has 0 bridgehead atoms. The van der Waals surface area contributed by atoms with E-state index in [9.17, 15) is 0 Å². The number of hydrogen-bond donors (Lipinski definition) is 1. The van der Waals surface area contributed by atoms with Crippen LogP contribution in [0.2, 0.25) is 0 Å². The average Bonchev–Trinajstić information content (AvgIpc) is 3.13. The van der Waals surface area contributed by atoms with Crippen LogP contribution in [-0.2, 0) is 13.2 Å². The molecule has 0 aliphatic heterocycles. The van der Waals surface area contributed by atoms with Gasteiger partial charge in [0.1, 0.15) is 18.1 Å². The second kappa shape index (κ2) is 5.49. The molecule has 1 heterocycles. The van der Waals surface area contributed by atoms with Crippen molar-refractivity contribution in [3.63, 3.8) is 0 Å². The zero-order valence-electron chi connectivity index (χ0n) is 11.2. The van der Waals surface area contributed by atoms with Crippen molar-refractivity contribution in [1.82, 2.24) is 5.32 Å². The van der Waals surface area contributed by atoms with E-state index in [1.807, 2.05) is 24.3 Å². The fourth-order valence-corrected chi connectivity index (χ4v) is 2.04. The maximum Gasteiger partial charge on any atom is 0.124 e. The van der Waals surface area contributed by atoms with Crippen LogP contribution < -0.4 is 10.1 Å².